The summed E-state index contributed by atoms with van der Waals surface area (Å²) in [6, 6.07) is 5.90. The first-order valence-corrected chi connectivity index (χ1v) is 7.49. The van der Waals surface area contributed by atoms with E-state index in [9.17, 15) is 0 Å². The molecule has 108 valence electrons. The third kappa shape index (κ3) is 3.00. The molecule has 0 radical (unpaired) electrons. The van der Waals surface area contributed by atoms with Gasteiger partial charge in [-0.2, -0.15) is 5.10 Å². The van der Waals surface area contributed by atoms with E-state index in [1.54, 1.807) is 18.0 Å². The van der Waals surface area contributed by atoms with Crippen LogP contribution in [0.5, 0.6) is 5.75 Å². The molecule has 0 aliphatic rings. The summed E-state index contributed by atoms with van der Waals surface area (Å²) in [6.07, 6.45) is 1.66. The smallest absolute Gasteiger partial charge is 0.125 e. The van der Waals surface area contributed by atoms with Crippen molar-refractivity contribution in [2.45, 2.75) is 13.0 Å². The molecular weight excluding hydrogens is 342 g/mol. The molecule has 0 fully saturated rings. The number of benzene rings is 1. The van der Waals surface area contributed by atoms with Crippen LogP contribution in [0.25, 0.3) is 0 Å². The number of halogens is 2. The van der Waals surface area contributed by atoms with Crippen molar-refractivity contribution < 1.29 is 4.74 Å². The molecule has 6 heteroatoms. The van der Waals surface area contributed by atoms with Gasteiger partial charge in [-0.05, 0) is 18.7 Å². The number of hydrogen-bond donors (Lipinski definition) is 1. The van der Waals surface area contributed by atoms with Crippen molar-refractivity contribution in [2.75, 3.05) is 13.7 Å². The molecular formula is C14H17BrClN3O. The van der Waals surface area contributed by atoms with E-state index < -0.39 is 0 Å². The van der Waals surface area contributed by atoms with E-state index in [-0.39, 0.29) is 6.04 Å². The SMILES string of the molecule is CCNC(c1ccc(Br)cc1OC)c1c(Cl)cnn1C. The van der Waals surface area contributed by atoms with E-state index in [1.807, 2.05) is 25.2 Å². The number of nitrogens with one attached hydrogen (secondary N) is 1. The molecule has 1 atom stereocenters. The van der Waals surface area contributed by atoms with E-state index in [0.717, 1.165) is 28.0 Å². The Labute approximate surface area is 132 Å². The molecule has 0 spiro atoms. The van der Waals surface area contributed by atoms with E-state index in [4.69, 9.17) is 16.3 Å². The Balaban J connectivity index is 2.54. The van der Waals surface area contributed by atoms with Crippen molar-refractivity contribution in [3.63, 3.8) is 0 Å². The largest absolute Gasteiger partial charge is 0.496 e. The van der Waals surface area contributed by atoms with Gasteiger partial charge in [0.2, 0.25) is 0 Å². The van der Waals surface area contributed by atoms with Crippen LogP contribution in [0.1, 0.15) is 24.2 Å². The molecule has 2 rings (SSSR count). The van der Waals surface area contributed by atoms with Gasteiger partial charge in [-0.25, -0.2) is 0 Å². The minimum atomic E-state index is -0.0666. The molecule has 1 aromatic carbocycles. The number of methoxy groups -OCH3 is 1. The predicted molar refractivity (Wildman–Crippen MR) is 84.4 cm³/mol. The van der Waals surface area contributed by atoms with Gasteiger partial charge in [0.1, 0.15) is 5.75 Å². The van der Waals surface area contributed by atoms with Gasteiger partial charge in [0.15, 0.2) is 0 Å². The Morgan fingerprint density at radius 1 is 1.50 bits per heavy atom. The highest BCUT2D eigenvalue weighted by molar-refractivity contribution is 9.10. The number of hydrogen-bond acceptors (Lipinski definition) is 3. The number of rotatable bonds is 5. The Morgan fingerprint density at radius 3 is 2.80 bits per heavy atom. The van der Waals surface area contributed by atoms with E-state index >= 15 is 0 Å². The predicted octanol–water partition coefficient (Wildman–Crippen LogP) is 3.54. The van der Waals surface area contributed by atoms with Gasteiger partial charge in [0, 0.05) is 17.1 Å². The monoisotopic (exact) mass is 357 g/mol. The van der Waals surface area contributed by atoms with Gasteiger partial charge in [-0.15, -0.1) is 0 Å². The first kappa shape index (κ1) is 15.4. The molecule has 20 heavy (non-hydrogen) atoms. The molecule has 0 aliphatic heterocycles. The number of ether oxygens (including phenoxy) is 1. The molecule has 0 bridgehead atoms. The molecule has 0 saturated heterocycles. The average molecular weight is 359 g/mol. The summed E-state index contributed by atoms with van der Waals surface area (Å²) in [7, 11) is 3.55. The van der Waals surface area contributed by atoms with Crippen molar-refractivity contribution in [3.8, 4) is 5.75 Å². The highest BCUT2D eigenvalue weighted by Gasteiger charge is 2.23. The van der Waals surface area contributed by atoms with Crippen LogP contribution in [0, 0.1) is 0 Å². The maximum Gasteiger partial charge on any atom is 0.125 e. The van der Waals surface area contributed by atoms with E-state index in [1.165, 1.54) is 0 Å². The molecule has 0 amide bonds. The second kappa shape index (κ2) is 6.61. The molecule has 1 aromatic heterocycles. The second-order valence-corrected chi connectivity index (χ2v) is 5.70. The summed E-state index contributed by atoms with van der Waals surface area (Å²) in [6.45, 7) is 2.87. The van der Waals surface area contributed by atoms with Crippen molar-refractivity contribution in [3.05, 3.63) is 45.1 Å². The maximum absolute atomic E-state index is 6.28. The highest BCUT2D eigenvalue weighted by atomic mass is 79.9. The second-order valence-electron chi connectivity index (χ2n) is 4.38. The summed E-state index contributed by atoms with van der Waals surface area (Å²) in [5, 5.41) is 8.29. The number of aryl methyl sites for hydroxylation is 1. The zero-order chi connectivity index (χ0) is 14.7. The fourth-order valence-electron chi connectivity index (χ4n) is 2.23. The van der Waals surface area contributed by atoms with Gasteiger partial charge in [-0.1, -0.05) is 40.5 Å². The molecule has 2 aromatic rings. The van der Waals surface area contributed by atoms with Crippen LogP contribution in [0.4, 0.5) is 0 Å². The summed E-state index contributed by atoms with van der Waals surface area (Å²) in [5.41, 5.74) is 1.96. The Kier molecular flexibility index (Phi) is 5.07. The summed E-state index contributed by atoms with van der Waals surface area (Å²) in [4.78, 5) is 0. The fraction of sp³-hybridized carbons (Fsp3) is 0.357. The topological polar surface area (TPSA) is 39.1 Å². The van der Waals surface area contributed by atoms with Crippen LogP contribution < -0.4 is 10.1 Å². The van der Waals surface area contributed by atoms with Crippen LogP contribution >= 0.6 is 27.5 Å². The normalized spacial score (nSPS) is 12.4. The van der Waals surface area contributed by atoms with Crippen LogP contribution in [0.15, 0.2) is 28.9 Å². The summed E-state index contributed by atoms with van der Waals surface area (Å²) in [5.74, 6) is 0.808. The van der Waals surface area contributed by atoms with Crippen molar-refractivity contribution in [2.24, 2.45) is 7.05 Å². The van der Waals surface area contributed by atoms with Gasteiger partial charge in [-0.3, -0.25) is 4.68 Å². The van der Waals surface area contributed by atoms with Crippen LogP contribution in [-0.4, -0.2) is 23.4 Å². The Hall–Kier alpha value is -1.04. The molecule has 1 N–H and O–H groups in total. The minimum absolute atomic E-state index is 0.0666. The third-order valence-corrected chi connectivity index (χ3v) is 3.91. The fourth-order valence-corrected chi connectivity index (χ4v) is 2.84. The number of aromatic nitrogens is 2. The molecule has 0 aliphatic carbocycles. The minimum Gasteiger partial charge on any atom is -0.496 e. The van der Waals surface area contributed by atoms with Gasteiger partial charge >= 0.3 is 0 Å². The lowest BCUT2D eigenvalue weighted by atomic mass is 10.0. The van der Waals surface area contributed by atoms with Crippen molar-refractivity contribution >= 4 is 27.5 Å². The van der Waals surface area contributed by atoms with Crippen LogP contribution in [-0.2, 0) is 7.05 Å². The highest BCUT2D eigenvalue weighted by Crippen LogP contribution is 2.34. The first-order valence-electron chi connectivity index (χ1n) is 6.32. The zero-order valence-corrected chi connectivity index (χ0v) is 14.0. The lowest BCUT2D eigenvalue weighted by molar-refractivity contribution is 0.402. The van der Waals surface area contributed by atoms with Crippen LogP contribution in [0.2, 0.25) is 5.02 Å². The van der Waals surface area contributed by atoms with E-state index in [2.05, 4.69) is 33.3 Å². The van der Waals surface area contributed by atoms with Gasteiger partial charge in [0.05, 0.1) is 30.1 Å². The van der Waals surface area contributed by atoms with Crippen molar-refractivity contribution in [1.29, 1.82) is 0 Å². The van der Waals surface area contributed by atoms with Gasteiger partial charge < -0.3 is 10.1 Å². The molecule has 1 heterocycles. The lowest BCUT2D eigenvalue weighted by Gasteiger charge is -2.21. The first-order chi connectivity index (χ1) is 9.58. The standard InChI is InChI=1S/C14H17BrClN3O/c1-4-17-13(14-11(16)8-18-19(14)2)10-6-5-9(15)7-12(10)20-3/h5-8,13,17H,4H2,1-3H3. The van der Waals surface area contributed by atoms with E-state index in [0.29, 0.717) is 5.02 Å². The maximum atomic E-state index is 6.28. The molecule has 4 nitrogen and oxygen atoms in total. The number of nitrogens with zero attached hydrogens (tertiary/aromatic N) is 2. The summed E-state index contributed by atoms with van der Waals surface area (Å²) < 4.78 is 8.25. The van der Waals surface area contributed by atoms with Crippen LogP contribution in [0.3, 0.4) is 0 Å². The third-order valence-electron chi connectivity index (χ3n) is 3.13. The molecule has 1 unspecified atom stereocenters. The lowest BCUT2D eigenvalue weighted by Crippen LogP contribution is -2.25. The summed E-state index contributed by atoms with van der Waals surface area (Å²) >= 11 is 9.74. The Bertz CT molecular complexity index is 581. The Morgan fingerprint density at radius 2 is 2.25 bits per heavy atom. The quantitative estimate of drug-likeness (QED) is 0.888. The van der Waals surface area contributed by atoms with Gasteiger partial charge in [0.25, 0.3) is 0 Å². The zero-order valence-electron chi connectivity index (χ0n) is 11.7. The van der Waals surface area contributed by atoms with Crippen molar-refractivity contribution in [1.82, 2.24) is 15.1 Å². The average Bonchev–Trinajstić information content (AvgIpc) is 2.76. The molecule has 0 saturated carbocycles.